The molecular formula is C19H15ClF4N2O. The van der Waals surface area contributed by atoms with Crippen LogP contribution in [0.4, 0.5) is 17.6 Å². The lowest BCUT2D eigenvalue weighted by atomic mass is 9.80. The van der Waals surface area contributed by atoms with Crippen LogP contribution in [0.5, 0.6) is 0 Å². The number of nitrogens with zero attached hydrogens (tertiary/aromatic N) is 1. The van der Waals surface area contributed by atoms with E-state index in [2.05, 4.69) is 16.9 Å². The number of hydrogen-bond donors (Lipinski definition) is 1. The molecule has 1 atom stereocenters. The molecule has 1 aromatic carbocycles. The normalized spacial score (nSPS) is 19.5. The van der Waals surface area contributed by atoms with E-state index in [1.54, 1.807) is 0 Å². The van der Waals surface area contributed by atoms with E-state index in [-0.39, 0.29) is 30.5 Å². The summed E-state index contributed by atoms with van der Waals surface area (Å²) in [6.45, 7) is 3.50. The van der Waals surface area contributed by atoms with Crippen LogP contribution in [0.1, 0.15) is 35.2 Å². The second kappa shape index (κ2) is 6.96. The van der Waals surface area contributed by atoms with E-state index in [0.717, 1.165) is 6.07 Å². The summed E-state index contributed by atoms with van der Waals surface area (Å²) >= 11 is 5.81. The molecule has 0 saturated carbocycles. The van der Waals surface area contributed by atoms with E-state index in [1.165, 1.54) is 30.5 Å². The minimum Gasteiger partial charge on any atom is -0.349 e. The molecule has 1 N–H and O–H groups in total. The van der Waals surface area contributed by atoms with Crippen molar-refractivity contribution < 1.29 is 22.4 Å². The van der Waals surface area contributed by atoms with Crippen molar-refractivity contribution in [3.05, 3.63) is 70.5 Å². The van der Waals surface area contributed by atoms with Gasteiger partial charge in [-0.05, 0) is 36.1 Å². The number of nitrogens with one attached hydrogen (secondary N) is 1. The Hall–Kier alpha value is -2.41. The molecule has 0 fully saturated rings. The predicted octanol–water partition coefficient (Wildman–Crippen LogP) is 5.04. The van der Waals surface area contributed by atoms with Crippen LogP contribution >= 0.6 is 11.6 Å². The third-order valence-corrected chi connectivity index (χ3v) is 4.97. The number of aromatic nitrogens is 1. The smallest absolute Gasteiger partial charge is 0.349 e. The highest BCUT2D eigenvalue weighted by molar-refractivity contribution is 6.32. The highest BCUT2D eigenvalue weighted by Gasteiger charge is 2.45. The van der Waals surface area contributed by atoms with Crippen molar-refractivity contribution in [3.63, 3.8) is 0 Å². The van der Waals surface area contributed by atoms with Crippen LogP contribution in [-0.2, 0) is 23.2 Å². The first-order valence-electron chi connectivity index (χ1n) is 8.10. The summed E-state index contributed by atoms with van der Waals surface area (Å²) < 4.78 is 54.3. The molecule has 3 rings (SSSR count). The third-order valence-electron chi connectivity index (χ3n) is 4.52. The van der Waals surface area contributed by atoms with E-state index >= 15 is 4.39 Å². The zero-order chi connectivity index (χ0) is 19.8. The lowest BCUT2D eigenvalue weighted by Gasteiger charge is -2.31. The Balaban J connectivity index is 1.83. The molecule has 1 aromatic heterocycles. The van der Waals surface area contributed by atoms with Crippen molar-refractivity contribution >= 4 is 23.1 Å². The lowest BCUT2D eigenvalue weighted by Crippen LogP contribution is -2.43. The van der Waals surface area contributed by atoms with Crippen molar-refractivity contribution in [1.29, 1.82) is 0 Å². The van der Waals surface area contributed by atoms with Crippen LogP contribution in [-0.4, -0.2) is 10.9 Å². The van der Waals surface area contributed by atoms with Gasteiger partial charge in [0.1, 0.15) is 0 Å². The van der Waals surface area contributed by atoms with Gasteiger partial charge in [-0.25, -0.2) is 4.39 Å². The second-order valence-electron chi connectivity index (χ2n) is 6.26. The average Bonchev–Trinajstić information content (AvgIpc) is 2.63. The van der Waals surface area contributed by atoms with Gasteiger partial charge in [-0.1, -0.05) is 36.4 Å². The maximum Gasteiger partial charge on any atom is 0.417 e. The Morgan fingerprint density at radius 1 is 1.30 bits per heavy atom. The highest BCUT2D eigenvalue weighted by atomic mass is 35.5. The van der Waals surface area contributed by atoms with Gasteiger partial charge in [0.15, 0.2) is 0 Å². The van der Waals surface area contributed by atoms with Gasteiger partial charge in [0, 0.05) is 18.3 Å². The third kappa shape index (κ3) is 3.56. The van der Waals surface area contributed by atoms with Gasteiger partial charge in [-0.3, -0.25) is 9.78 Å². The highest BCUT2D eigenvalue weighted by Crippen LogP contribution is 2.42. The number of hydrogen-bond acceptors (Lipinski definition) is 2. The second-order valence-corrected chi connectivity index (χ2v) is 6.64. The Bertz CT molecular complexity index is 913. The van der Waals surface area contributed by atoms with Crippen molar-refractivity contribution in [2.45, 2.75) is 31.2 Å². The number of carbonyl (C=O) groups is 1. The predicted molar refractivity (Wildman–Crippen MR) is 93.6 cm³/mol. The van der Waals surface area contributed by atoms with Crippen LogP contribution < -0.4 is 5.32 Å². The van der Waals surface area contributed by atoms with Crippen molar-refractivity contribution in [2.24, 2.45) is 0 Å². The van der Waals surface area contributed by atoms with Crippen molar-refractivity contribution in [1.82, 2.24) is 10.3 Å². The molecule has 0 aliphatic heterocycles. The molecule has 1 aliphatic carbocycles. The summed E-state index contributed by atoms with van der Waals surface area (Å²) in [5.41, 5.74) is -2.22. The molecule has 27 heavy (non-hydrogen) atoms. The van der Waals surface area contributed by atoms with Crippen molar-refractivity contribution in [2.75, 3.05) is 0 Å². The fraction of sp³-hybridized carbons (Fsp3) is 0.263. The van der Waals surface area contributed by atoms with Crippen molar-refractivity contribution in [3.8, 4) is 0 Å². The van der Waals surface area contributed by atoms with E-state index in [0.29, 0.717) is 11.3 Å². The summed E-state index contributed by atoms with van der Waals surface area (Å²) in [5, 5.41) is 1.84. The molecule has 0 bridgehead atoms. The number of benzene rings is 1. The van der Waals surface area contributed by atoms with Gasteiger partial charge in [0.2, 0.25) is 5.67 Å². The Morgan fingerprint density at radius 3 is 2.74 bits per heavy atom. The molecule has 1 amide bonds. The lowest BCUT2D eigenvalue weighted by molar-refractivity contribution is -0.137. The summed E-state index contributed by atoms with van der Waals surface area (Å²) in [7, 11) is 0. The number of amides is 1. The number of fused-ring (bicyclic) bond motifs is 1. The number of alkyl halides is 4. The zero-order valence-corrected chi connectivity index (χ0v) is 14.8. The van der Waals surface area contributed by atoms with E-state index in [1.807, 2.05) is 0 Å². The fourth-order valence-electron chi connectivity index (χ4n) is 3.07. The van der Waals surface area contributed by atoms with Crippen LogP contribution in [0.3, 0.4) is 0 Å². The first-order chi connectivity index (χ1) is 12.6. The van der Waals surface area contributed by atoms with Crippen LogP contribution in [0.2, 0.25) is 5.02 Å². The van der Waals surface area contributed by atoms with E-state index in [9.17, 15) is 18.0 Å². The first-order valence-corrected chi connectivity index (χ1v) is 8.48. The van der Waals surface area contributed by atoms with Gasteiger partial charge in [0.25, 0.3) is 5.91 Å². The number of halogens is 5. The maximum absolute atomic E-state index is 15.5. The topological polar surface area (TPSA) is 42.0 Å². The van der Waals surface area contributed by atoms with E-state index in [4.69, 9.17) is 11.6 Å². The number of carbonyl (C=O) groups excluding carboxylic acids is 1. The van der Waals surface area contributed by atoms with Crippen LogP contribution in [0, 0.1) is 0 Å². The van der Waals surface area contributed by atoms with Gasteiger partial charge in [-0.2, -0.15) is 13.2 Å². The van der Waals surface area contributed by atoms with Gasteiger partial charge in [0.05, 0.1) is 16.3 Å². The Kier molecular flexibility index (Phi) is 4.99. The molecular weight excluding hydrogens is 384 g/mol. The number of rotatable bonds is 3. The Morgan fingerprint density at radius 2 is 2.04 bits per heavy atom. The molecule has 1 heterocycles. The molecule has 0 radical (unpaired) electrons. The molecule has 142 valence electrons. The minimum absolute atomic E-state index is 0.0510. The standard InChI is InChI=1S/C19H15ClF4N2O/c1-11-7-8-18(21,14-6-3-9-25-16(11)14)17(27)26-10-12-4-2-5-13(15(12)20)19(22,23)24/h2-6,9H,1,7-8,10H2,(H,26,27). The fourth-order valence-corrected chi connectivity index (χ4v) is 3.37. The number of allylic oxidation sites excluding steroid dienone is 1. The summed E-state index contributed by atoms with van der Waals surface area (Å²) in [6, 6.07) is 6.36. The molecule has 8 heteroatoms. The van der Waals surface area contributed by atoms with Gasteiger partial charge < -0.3 is 5.32 Å². The maximum atomic E-state index is 15.5. The monoisotopic (exact) mass is 398 g/mol. The molecule has 0 saturated heterocycles. The van der Waals surface area contributed by atoms with Gasteiger partial charge >= 0.3 is 6.18 Å². The average molecular weight is 399 g/mol. The Labute approximate surface area is 158 Å². The largest absolute Gasteiger partial charge is 0.417 e. The molecule has 1 aliphatic rings. The summed E-state index contributed by atoms with van der Waals surface area (Å²) in [6.07, 6.45) is -3.01. The minimum atomic E-state index is -4.62. The molecule has 2 aromatic rings. The SMILES string of the molecule is C=C1CCC(F)(C(=O)NCc2cccc(C(F)(F)F)c2Cl)c2cccnc21. The quantitative estimate of drug-likeness (QED) is 0.736. The number of pyridine rings is 1. The summed E-state index contributed by atoms with van der Waals surface area (Å²) in [5.74, 6) is -0.947. The van der Waals surface area contributed by atoms with E-state index < -0.39 is 28.3 Å². The molecule has 3 nitrogen and oxygen atoms in total. The molecule has 0 spiro atoms. The molecule has 1 unspecified atom stereocenters. The van der Waals surface area contributed by atoms with Crippen LogP contribution in [0.15, 0.2) is 43.1 Å². The zero-order valence-electron chi connectivity index (χ0n) is 14.0. The van der Waals surface area contributed by atoms with Crippen LogP contribution in [0.25, 0.3) is 5.57 Å². The van der Waals surface area contributed by atoms with Gasteiger partial charge in [-0.15, -0.1) is 0 Å². The first kappa shape index (κ1) is 19.4. The summed E-state index contributed by atoms with van der Waals surface area (Å²) in [4.78, 5) is 16.6.